The molecule has 0 fully saturated rings. The fourth-order valence-corrected chi connectivity index (χ4v) is 2.95. The van der Waals surface area contributed by atoms with Crippen LogP contribution in [0.25, 0.3) is 0 Å². The van der Waals surface area contributed by atoms with Gasteiger partial charge < -0.3 is 19.9 Å². The highest BCUT2D eigenvalue weighted by molar-refractivity contribution is 7.99. The number of fused-ring (bicyclic) bond motifs is 1. The molecule has 0 aliphatic carbocycles. The van der Waals surface area contributed by atoms with Crippen LogP contribution < -0.4 is 19.9 Å². The molecule has 0 saturated carbocycles. The van der Waals surface area contributed by atoms with Gasteiger partial charge in [-0.3, -0.25) is 0 Å². The van der Waals surface area contributed by atoms with Gasteiger partial charge in [0, 0.05) is 28.0 Å². The van der Waals surface area contributed by atoms with Crippen molar-refractivity contribution < 1.29 is 14.2 Å². The Morgan fingerprint density at radius 1 is 1.05 bits per heavy atom. The molecule has 110 valence electrons. The Hall–Kier alpha value is -2.01. The van der Waals surface area contributed by atoms with E-state index < -0.39 is 0 Å². The third kappa shape index (κ3) is 3.19. The van der Waals surface area contributed by atoms with Gasteiger partial charge in [-0.1, -0.05) is 11.8 Å². The van der Waals surface area contributed by atoms with Crippen molar-refractivity contribution in [1.82, 2.24) is 0 Å². The van der Waals surface area contributed by atoms with Crippen LogP contribution in [0.3, 0.4) is 0 Å². The van der Waals surface area contributed by atoms with E-state index in [1.54, 1.807) is 18.9 Å². The molecule has 2 aromatic carbocycles. The van der Waals surface area contributed by atoms with Gasteiger partial charge in [0.15, 0.2) is 11.5 Å². The number of nitrogens with two attached hydrogens (primary N) is 1. The second-order valence-corrected chi connectivity index (χ2v) is 5.78. The number of rotatable bonds is 3. The molecule has 5 heteroatoms. The predicted molar refractivity (Wildman–Crippen MR) is 83.6 cm³/mol. The number of methoxy groups -OCH3 is 1. The number of nitrogen functional groups attached to an aromatic ring is 1. The fourth-order valence-electron chi connectivity index (χ4n) is 2.08. The summed E-state index contributed by atoms with van der Waals surface area (Å²) in [7, 11) is 1.63. The van der Waals surface area contributed by atoms with E-state index in [0.717, 1.165) is 33.5 Å². The molecule has 1 aliphatic rings. The predicted octanol–water partition coefficient (Wildman–Crippen LogP) is 3.59. The average Bonchev–Trinajstić information content (AvgIpc) is 2.74. The first-order valence-electron chi connectivity index (χ1n) is 6.77. The Morgan fingerprint density at radius 2 is 1.86 bits per heavy atom. The van der Waals surface area contributed by atoms with E-state index >= 15 is 0 Å². The Morgan fingerprint density at radius 3 is 2.62 bits per heavy atom. The molecule has 2 aromatic rings. The second-order valence-electron chi connectivity index (χ2n) is 4.66. The van der Waals surface area contributed by atoms with Crippen molar-refractivity contribution in [2.75, 3.05) is 26.1 Å². The Bertz CT molecular complexity index is 645. The van der Waals surface area contributed by atoms with Gasteiger partial charge in [-0.25, -0.2) is 0 Å². The van der Waals surface area contributed by atoms with E-state index in [9.17, 15) is 0 Å². The van der Waals surface area contributed by atoms with Gasteiger partial charge in [-0.15, -0.1) is 0 Å². The molecule has 0 saturated heterocycles. The quantitative estimate of drug-likeness (QED) is 0.878. The largest absolute Gasteiger partial charge is 0.497 e. The monoisotopic (exact) mass is 303 g/mol. The summed E-state index contributed by atoms with van der Waals surface area (Å²) in [4.78, 5) is 2.06. The van der Waals surface area contributed by atoms with Crippen molar-refractivity contribution in [3.8, 4) is 17.2 Å². The first-order chi connectivity index (χ1) is 10.3. The first-order valence-corrected chi connectivity index (χ1v) is 7.59. The molecule has 21 heavy (non-hydrogen) atoms. The maximum atomic E-state index is 6.05. The Balaban J connectivity index is 1.83. The summed E-state index contributed by atoms with van der Waals surface area (Å²) >= 11 is 1.60. The molecular weight excluding hydrogens is 286 g/mol. The van der Waals surface area contributed by atoms with Gasteiger partial charge >= 0.3 is 0 Å². The molecule has 4 nitrogen and oxygen atoms in total. The highest BCUT2D eigenvalue weighted by Crippen LogP contribution is 2.39. The van der Waals surface area contributed by atoms with Crippen LogP contribution in [0.5, 0.6) is 17.2 Å². The molecule has 0 amide bonds. The van der Waals surface area contributed by atoms with Crippen molar-refractivity contribution in [3.05, 3.63) is 36.4 Å². The van der Waals surface area contributed by atoms with Crippen LogP contribution in [0, 0.1) is 0 Å². The van der Waals surface area contributed by atoms with Crippen LogP contribution in [0.15, 0.2) is 46.2 Å². The number of ether oxygens (including phenoxy) is 3. The third-order valence-corrected chi connectivity index (χ3v) is 4.25. The number of anilines is 1. The standard InChI is InChI=1S/C16H17NO3S/c1-18-11-3-6-16(13(17)9-11)21-12-4-5-14-15(10-12)20-8-2-7-19-14/h3-6,9-10H,2,7-8,17H2,1H3. The lowest BCUT2D eigenvalue weighted by atomic mass is 10.3. The lowest BCUT2D eigenvalue weighted by Gasteiger charge is -2.10. The normalized spacial score (nSPS) is 13.6. The van der Waals surface area contributed by atoms with Gasteiger partial charge in [0.2, 0.25) is 0 Å². The molecule has 0 bridgehead atoms. The van der Waals surface area contributed by atoms with Crippen LogP contribution in [-0.4, -0.2) is 20.3 Å². The number of hydrogen-bond acceptors (Lipinski definition) is 5. The summed E-state index contributed by atoms with van der Waals surface area (Å²) in [5.41, 5.74) is 6.75. The topological polar surface area (TPSA) is 53.7 Å². The molecular formula is C16H17NO3S. The van der Waals surface area contributed by atoms with Crippen molar-refractivity contribution in [2.45, 2.75) is 16.2 Å². The summed E-state index contributed by atoms with van der Waals surface area (Å²) in [6, 6.07) is 11.6. The maximum Gasteiger partial charge on any atom is 0.162 e. The van der Waals surface area contributed by atoms with E-state index in [0.29, 0.717) is 18.9 Å². The molecule has 1 heterocycles. The average molecular weight is 303 g/mol. The van der Waals surface area contributed by atoms with E-state index in [-0.39, 0.29) is 0 Å². The van der Waals surface area contributed by atoms with Gasteiger partial charge in [0.1, 0.15) is 5.75 Å². The molecule has 0 radical (unpaired) electrons. The molecule has 0 spiro atoms. The highest BCUT2D eigenvalue weighted by atomic mass is 32.2. The second kappa shape index (κ2) is 6.18. The molecule has 0 unspecified atom stereocenters. The third-order valence-electron chi connectivity index (χ3n) is 3.16. The van der Waals surface area contributed by atoms with Crippen LogP contribution >= 0.6 is 11.8 Å². The minimum Gasteiger partial charge on any atom is -0.497 e. The van der Waals surface area contributed by atoms with Gasteiger partial charge in [0.25, 0.3) is 0 Å². The van der Waals surface area contributed by atoms with Crippen molar-refractivity contribution in [1.29, 1.82) is 0 Å². The van der Waals surface area contributed by atoms with E-state index in [1.165, 1.54) is 0 Å². The summed E-state index contributed by atoms with van der Waals surface area (Å²) in [6.07, 6.45) is 0.905. The van der Waals surface area contributed by atoms with Crippen molar-refractivity contribution in [3.63, 3.8) is 0 Å². The molecule has 0 atom stereocenters. The molecule has 3 rings (SSSR count). The molecule has 1 aliphatic heterocycles. The summed E-state index contributed by atoms with van der Waals surface area (Å²) < 4.78 is 16.5. The Kier molecular flexibility index (Phi) is 4.10. The highest BCUT2D eigenvalue weighted by Gasteiger charge is 2.12. The summed E-state index contributed by atoms with van der Waals surface area (Å²) in [6.45, 7) is 1.39. The lowest BCUT2D eigenvalue weighted by molar-refractivity contribution is 0.297. The summed E-state index contributed by atoms with van der Waals surface area (Å²) in [5.74, 6) is 2.36. The lowest BCUT2D eigenvalue weighted by Crippen LogP contribution is -1.97. The van der Waals surface area contributed by atoms with Crippen LogP contribution in [-0.2, 0) is 0 Å². The van der Waals surface area contributed by atoms with E-state index in [1.807, 2.05) is 36.4 Å². The zero-order chi connectivity index (χ0) is 14.7. The fraction of sp³-hybridized carbons (Fsp3) is 0.250. The van der Waals surface area contributed by atoms with Crippen LogP contribution in [0.4, 0.5) is 5.69 Å². The van der Waals surface area contributed by atoms with Gasteiger partial charge in [-0.2, -0.15) is 0 Å². The van der Waals surface area contributed by atoms with Gasteiger partial charge in [0.05, 0.1) is 20.3 Å². The minimum atomic E-state index is 0.686. The number of benzene rings is 2. The SMILES string of the molecule is COc1ccc(Sc2ccc3c(c2)OCCCO3)c(N)c1. The molecule has 0 aromatic heterocycles. The zero-order valence-corrected chi connectivity index (χ0v) is 12.6. The number of hydrogen-bond donors (Lipinski definition) is 1. The van der Waals surface area contributed by atoms with E-state index in [2.05, 4.69) is 0 Å². The summed E-state index contributed by atoms with van der Waals surface area (Å²) in [5, 5.41) is 0. The maximum absolute atomic E-state index is 6.05. The minimum absolute atomic E-state index is 0.686. The zero-order valence-electron chi connectivity index (χ0n) is 11.8. The van der Waals surface area contributed by atoms with Crippen molar-refractivity contribution >= 4 is 17.4 Å². The van der Waals surface area contributed by atoms with E-state index in [4.69, 9.17) is 19.9 Å². The van der Waals surface area contributed by atoms with Crippen LogP contribution in [0.1, 0.15) is 6.42 Å². The van der Waals surface area contributed by atoms with Crippen molar-refractivity contribution in [2.24, 2.45) is 0 Å². The first kappa shape index (κ1) is 13.9. The van der Waals surface area contributed by atoms with Gasteiger partial charge in [-0.05, 0) is 30.3 Å². The van der Waals surface area contributed by atoms with Crippen LogP contribution in [0.2, 0.25) is 0 Å². The smallest absolute Gasteiger partial charge is 0.162 e. The molecule has 2 N–H and O–H groups in total. The Labute approximate surface area is 128 Å².